The van der Waals surface area contributed by atoms with Crippen molar-refractivity contribution in [1.29, 1.82) is 0 Å². The number of anilines is 2. The fraction of sp³-hybridized carbons (Fsp3) is 0.300. The van der Waals surface area contributed by atoms with E-state index in [1.807, 2.05) is 45.0 Å². The average Bonchev–Trinajstić information content (AvgIpc) is 2.57. The lowest BCUT2D eigenvalue weighted by atomic mass is 10.1. The number of carbonyl (C=O) groups is 2. The van der Waals surface area contributed by atoms with Crippen LogP contribution in [-0.4, -0.2) is 32.0 Å². The van der Waals surface area contributed by atoms with E-state index in [4.69, 9.17) is 4.74 Å². The fourth-order valence-electron chi connectivity index (χ4n) is 2.61. The molecule has 0 saturated heterocycles. The van der Waals surface area contributed by atoms with Crippen LogP contribution < -0.4 is 20.7 Å². The number of rotatable bonds is 7. The zero-order chi connectivity index (χ0) is 19.1. The Labute approximate surface area is 153 Å². The lowest BCUT2D eigenvalue weighted by Gasteiger charge is -2.12. The van der Waals surface area contributed by atoms with Gasteiger partial charge in [0.25, 0.3) is 0 Å². The summed E-state index contributed by atoms with van der Waals surface area (Å²) >= 11 is 0. The third kappa shape index (κ3) is 5.81. The molecular weight excluding hydrogens is 330 g/mol. The summed E-state index contributed by atoms with van der Waals surface area (Å²) in [5.74, 6) is 0.0101. The van der Waals surface area contributed by atoms with Crippen LogP contribution in [0.5, 0.6) is 5.75 Å². The minimum absolute atomic E-state index is 0.101. The van der Waals surface area contributed by atoms with Gasteiger partial charge in [-0.1, -0.05) is 12.1 Å². The number of carbonyl (C=O) groups excluding carboxylic acids is 2. The summed E-state index contributed by atoms with van der Waals surface area (Å²) in [5, 5.41) is 8.41. The molecule has 2 amide bonds. The van der Waals surface area contributed by atoms with Gasteiger partial charge in [0.05, 0.1) is 25.9 Å². The highest BCUT2D eigenvalue weighted by Gasteiger charge is 2.09. The van der Waals surface area contributed by atoms with Gasteiger partial charge in [0.1, 0.15) is 5.75 Å². The van der Waals surface area contributed by atoms with Gasteiger partial charge in [-0.2, -0.15) is 0 Å². The molecule has 0 bridgehead atoms. The van der Waals surface area contributed by atoms with Crippen LogP contribution in [0.4, 0.5) is 11.4 Å². The Morgan fingerprint density at radius 1 is 0.885 bits per heavy atom. The van der Waals surface area contributed by atoms with Crippen LogP contribution in [0.25, 0.3) is 0 Å². The van der Waals surface area contributed by atoms with E-state index < -0.39 is 0 Å². The van der Waals surface area contributed by atoms with Crippen molar-refractivity contribution in [3.63, 3.8) is 0 Å². The second kappa shape index (κ2) is 8.89. The molecule has 26 heavy (non-hydrogen) atoms. The van der Waals surface area contributed by atoms with Crippen LogP contribution in [0.15, 0.2) is 36.4 Å². The van der Waals surface area contributed by atoms with Crippen LogP contribution in [0.2, 0.25) is 0 Å². The standard InChI is InChI=1S/C20H25N3O3/c1-13-5-6-18(26-4)17(10-13)23-20(25)12-22-19(24)11-21-16-8-14(2)7-15(3)9-16/h5-10,21H,11-12H2,1-4H3,(H,22,24)(H,23,25). The Kier molecular flexibility index (Phi) is 6.60. The lowest BCUT2D eigenvalue weighted by molar-refractivity contribution is -0.122. The lowest BCUT2D eigenvalue weighted by Crippen LogP contribution is -2.36. The van der Waals surface area contributed by atoms with Gasteiger partial charge in [0.15, 0.2) is 0 Å². The molecule has 138 valence electrons. The molecule has 0 aliphatic rings. The van der Waals surface area contributed by atoms with Gasteiger partial charge in [-0.3, -0.25) is 9.59 Å². The second-order valence-corrected chi connectivity index (χ2v) is 6.26. The van der Waals surface area contributed by atoms with Crippen LogP contribution in [0.1, 0.15) is 16.7 Å². The summed E-state index contributed by atoms with van der Waals surface area (Å²) in [6.07, 6.45) is 0. The largest absolute Gasteiger partial charge is 0.495 e. The molecule has 0 atom stereocenters. The molecule has 0 spiro atoms. The maximum atomic E-state index is 12.1. The van der Waals surface area contributed by atoms with E-state index in [0.29, 0.717) is 11.4 Å². The number of ether oxygens (including phenoxy) is 1. The van der Waals surface area contributed by atoms with E-state index >= 15 is 0 Å². The number of methoxy groups -OCH3 is 1. The van der Waals surface area contributed by atoms with Crippen molar-refractivity contribution < 1.29 is 14.3 Å². The van der Waals surface area contributed by atoms with Gasteiger partial charge in [0, 0.05) is 5.69 Å². The third-order valence-corrected chi connectivity index (χ3v) is 3.75. The summed E-state index contributed by atoms with van der Waals surface area (Å²) < 4.78 is 5.22. The highest BCUT2D eigenvalue weighted by Crippen LogP contribution is 2.24. The SMILES string of the molecule is COc1ccc(C)cc1NC(=O)CNC(=O)CNc1cc(C)cc(C)c1. The Hall–Kier alpha value is -3.02. The summed E-state index contributed by atoms with van der Waals surface area (Å²) in [6, 6.07) is 11.5. The molecule has 0 saturated carbocycles. The highest BCUT2D eigenvalue weighted by molar-refractivity contribution is 5.96. The van der Waals surface area contributed by atoms with Gasteiger partial charge >= 0.3 is 0 Å². The van der Waals surface area contributed by atoms with E-state index in [9.17, 15) is 9.59 Å². The van der Waals surface area contributed by atoms with Crippen molar-refractivity contribution in [3.8, 4) is 5.75 Å². The predicted octanol–water partition coefficient (Wildman–Crippen LogP) is 2.79. The molecule has 0 aliphatic carbocycles. The molecule has 0 fully saturated rings. The smallest absolute Gasteiger partial charge is 0.243 e. The fourth-order valence-corrected chi connectivity index (χ4v) is 2.61. The van der Waals surface area contributed by atoms with Crippen molar-refractivity contribution in [3.05, 3.63) is 53.1 Å². The summed E-state index contributed by atoms with van der Waals surface area (Å²) in [7, 11) is 1.54. The first kappa shape index (κ1) is 19.3. The first-order valence-electron chi connectivity index (χ1n) is 8.40. The quantitative estimate of drug-likeness (QED) is 0.713. The Balaban J connectivity index is 1.81. The molecule has 3 N–H and O–H groups in total. The summed E-state index contributed by atoms with van der Waals surface area (Å²) in [4.78, 5) is 24.0. The van der Waals surface area contributed by atoms with Crippen LogP contribution in [0, 0.1) is 20.8 Å². The average molecular weight is 355 g/mol. The van der Waals surface area contributed by atoms with Crippen LogP contribution >= 0.6 is 0 Å². The first-order chi connectivity index (χ1) is 12.4. The maximum Gasteiger partial charge on any atom is 0.243 e. The number of aryl methyl sites for hydroxylation is 3. The van der Waals surface area contributed by atoms with E-state index in [1.54, 1.807) is 13.2 Å². The molecule has 0 heterocycles. The van der Waals surface area contributed by atoms with Crippen molar-refractivity contribution in [1.82, 2.24) is 5.32 Å². The molecule has 0 aliphatic heterocycles. The normalized spacial score (nSPS) is 10.2. The molecule has 2 aromatic rings. The van der Waals surface area contributed by atoms with Gasteiger partial charge in [-0.15, -0.1) is 0 Å². The molecule has 0 unspecified atom stereocenters. The third-order valence-electron chi connectivity index (χ3n) is 3.75. The molecule has 6 heteroatoms. The first-order valence-corrected chi connectivity index (χ1v) is 8.40. The van der Waals surface area contributed by atoms with E-state index in [2.05, 4.69) is 22.0 Å². The van der Waals surface area contributed by atoms with Gasteiger partial charge in [-0.05, 0) is 61.7 Å². The van der Waals surface area contributed by atoms with Gasteiger partial charge in [-0.25, -0.2) is 0 Å². The molecule has 6 nitrogen and oxygen atoms in total. The maximum absolute atomic E-state index is 12.1. The topological polar surface area (TPSA) is 79.5 Å². The number of benzene rings is 2. The Bertz CT molecular complexity index is 783. The number of hydrogen-bond acceptors (Lipinski definition) is 4. The zero-order valence-electron chi connectivity index (χ0n) is 15.6. The van der Waals surface area contributed by atoms with Gasteiger partial charge < -0.3 is 20.7 Å². The zero-order valence-corrected chi connectivity index (χ0v) is 15.6. The molecule has 2 aromatic carbocycles. The second-order valence-electron chi connectivity index (χ2n) is 6.26. The van der Waals surface area contributed by atoms with Crippen molar-refractivity contribution in [2.24, 2.45) is 0 Å². The minimum atomic E-state index is -0.311. The monoisotopic (exact) mass is 355 g/mol. The number of amides is 2. The van der Waals surface area contributed by atoms with Gasteiger partial charge in [0.2, 0.25) is 11.8 Å². The Morgan fingerprint density at radius 3 is 2.23 bits per heavy atom. The minimum Gasteiger partial charge on any atom is -0.495 e. The molecule has 2 rings (SSSR count). The summed E-state index contributed by atoms with van der Waals surface area (Å²) in [5.41, 5.74) is 4.72. The van der Waals surface area contributed by atoms with E-state index in [1.165, 1.54) is 0 Å². The van der Waals surface area contributed by atoms with Crippen molar-refractivity contribution >= 4 is 23.2 Å². The molecule has 0 aromatic heterocycles. The van der Waals surface area contributed by atoms with E-state index in [0.717, 1.165) is 22.4 Å². The predicted molar refractivity (Wildman–Crippen MR) is 104 cm³/mol. The van der Waals surface area contributed by atoms with Crippen molar-refractivity contribution in [2.45, 2.75) is 20.8 Å². The number of hydrogen-bond donors (Lipinski definition) is 3. The Morgan fingerprint density at radius 2 is 1.58 bits per heavy atom. The number of nitrogens with one attached hydrogen (secondary N) is 3. The van der Waals surface area contributed by atoms with Crippen molar-refractivity contribution in [2.75, 3.05) is 30.8 Å². The van der Waals surface area contributed by atoms with Crippen LogP contribution in [-0.2, 0) is 9.59 Å². The van der Waals surface area contributed by atoms with E-state index in [-0.39, 0.29) is 24.9 Å². The summed E-state index contributed by atoms with van der Waals surface area (Å²) in [6.45, 7) is 5.92. The van der Waals surface area contributed by atoms with Crippen LogP contribution in [0.3, 0.4) is 0 Å². The molecular formula is C20H25N3O3. The molecule has 0 radical (unpaired) electrons. The highest BCUT2D eigenvalue weighted by atomic mass is 16.5.